The zero-order valence-electron chi connectivity index (χ0n) is 17.0. The highest BCUT2D eigenvalue weighted by Crippen LogP contribution is 2.31. The summed E-state index contributed by atoms with van der Waals surface area (Å²) in [7, 11) is 0. The fraction of sp³-hybridized carbons (Fsp3) is 0.348. The van der Waals surface area contributed by atoms with Gasteiger partial charge in [0.15, 0.2) is 17.3 Å². The van der Waals surface area contributed by atoms with Crippen LogP contribution in [0.5, 0.6) is 11.5 Å². The van der Waals surface area contributed by atoms with Crippen LogP contribution in [0.1, 0.15) is 23.2 Å². The molecule has 0 aromatic heterocycles. The third-order valence-electron chi connectivity index (χ3n) is 5.46. The highest BCUT2D eigenvalue weighted by Gasteiger charge is 2.33. The molecule has 0 radical (unpaired) electrons. The number of hydrogen-bond acceptors (Lipinski definition) is 5. The van der Waals surface area contributed by atoms with E-state index in [2.05, 4.69) is 15.9 Å². The zero-order valence-corrected chi connectivity index (χ0v) is 18.5. The highest BCUT2D eigenvalue weighted by atomic mass is 79.9. The molecule has 0 spiro atoms. The van der Waals surface area contributed by atoms with Crippen LogP contribution in [0.3, 0.4) is 0 Å². The number of ether oxygens (including phenoxy) is 2. The van der Waals surface area contributed by atoms with E-state index in [0.717, 1.165) is 4.47 Å². The van der Waals surface area contributed by atoms with Crippen LogP contribution in [0.25, 0.3) is 0 Å². The second kappa shape index (κ2) is 9.51. The van der Waals surface area contributed by atoms with E-state index < -0.39 is 6.10 Å². The van der Waals surface area contributed by atoms with Crippen molar-refractivity contribution in [2.24, 2.45) is 0 Å². The number of carbonyl (C=O) groups excluding carboxylic acids is 3. The molecule has 1 unspecified atom stereocenters. The van der Waals surface area contributed by atoms with Gasteiger partial charge in [-0.2, -0.15) is 0 Å². The summed E-state index contributed by atoms with van der Waals surface area (Å²) < 4.78 is 12.3. The van der Waals surface area contributed by atoms with Gasteiger partial charge in [-0.1, -0.05) is 40.2 Å². The van der Waals surface area contributed by atoms with Crippen molar-refractivity contribution in [2.45, 2.75) is 18.9 Å². The summed E-state index contributed by atoms with van der Waals surface area (Å²) in [5.41, 5.74) is 0.600. The minimum Gasteiger partial charge on any atom is -0.485 e. The van der Waals surface area contributed by atoms with Gasteiger partial charge in [0.1, 0.15) is 6.61 Å². The lowest BCUT2D eigenvalue weighted by Gasteiger charge is -2.37. The number of halogens is 1. The van der Waals surface area contributed by atoms with E-state index in [0.29, 0.717) is 43.2 Å². The van der Waals surface area contributed by atoms with Crippen molar-refractivity contribution in [2.75, 3.05) is 32.8 Å². The standard InChI is InChI=1S/C23H23BrN2O5/c24-17-7-5-16(6-8-17)18(27)9-10-22(28)25-11-13-26(14-12-25)23(29)21-15-30-19-3-1-2-4-20(19)31-21/h1-8,21H,9-15H2. The summed E-state index contributed by atoms with van der Waals surface area (Å²) in [6.07, 6.45) is -0.341. The van der Waals surface area contributed by atoms with Crippen molar-refractivity contribution in [3.05, 3.63) is 58.6 Å². The monoisotopic (exact) mass is 486 g/mol. The van der Waals surface area contributed by atoms with E-state index >= 15 is 0 Å². The fourth-order valence-electron chi connectivity index (χ4n) is 3.68. The van der Waals surface area contributed by atoms with Gasteiger partial charge < -0.3 is 19.3 Å². The first-order valence-electron chi connectivity index (χ1n) is 10.2. The van der Waals surface area contributed by atoms with Crippen LogP contribution in [-0.4, -0.2) is 66.3 Å². The van der Waals surface area contributed by atoms with Gasteiger partial charge in [-0.3, -0.25) is 14.4 Å². The second-order valence-corrected chi connectivity index (χ2v) is 8.42. The van der Waals surface area contributed by atoms with Gasteiger partial charge in [0, 0.05) is 49.1 Å². The molecule has 4 rings (SSSR count). The Morgan fingerprint density at radius 1 is 0.871 bits per heavy atom. The van der Waals surface area contributed by atoms with Gasteiger partial charge in [-0.05, 0) is 24.3 Å². The Bertz CT molecular complexity index is 970. The molecule has 162 valence electrons. The molecule has 0 aliphatic carbocycles. The second-order valence-electron chi connectivity index (χ2n) is 7.50. The number of hydrogen-bond donors (Lipinski definition) is 0. The summed E-state index contributed by atoms with van der Waals surface area (Å²) in [4.78, 5) is 41.0. The maximum atomic E-state index is 12.8. The van der Waals surface area contributed by atoms with Crippen molar-refractivity contribution in [3.63, 3.8) is 0 Å². The number of benzene rings is 2. The third-order valence-corrected chi connectivity index (χ3v) is 5.99. The van der Waals surface area contributed by atoms with E-state index in [-0.39, 0.29) is 37.0 Å². The Morgan fingerprint density at radius 3 is 2.23 bits per heavy atom. The molecule has 2 aromatic rings. The van der Waals surface area contributed by atoms with Gasteiger partial charge >= 0.3 is 0 Å². The number of piperazine rings is 1. The molecule has 1 atom stereocenters. The van der Waals surface area contributed by atoms with Crippen LogP contribution in [0.4, 0.5) is 0 Å². The summed E-state index contributed by atoms with van der Waals surface area (Å²) in [6, 6.07) is 14.4. The minimum absolute atomic E-state index is 0.0515. The Hall–Kier alpha value is -2.87. The Kier molecular flexibility index (Phi) is 6.56. The molecule has 0 N–H and O–H groups in total. The van der Waals surface area contributed by atoms with Gasteiger partial charge in [0.05, 0.1) is 0 Å². The molecule has 2 heterocycles. The average Bonchev–Trinajstić information content (AvgIpc) is 2.82. The summed E-state index contributed by atoms with van der Waals surface area (Å²) in [5, 5.41) is 0. The number of nitrogens with zero attached hydrogens (tertiary/aromatic N) is 2. The smallest absolute Gasteiger partial charge is 0.267 e. The van der Waals surface area contributed by atoms with E-state index in [1.54, 1.807) is 28.0 Å². The minimum atomic E-state index is -0.680. The lowest BCUT2D eigenvalue weighted by Crippen LogP contribution is -2.55. The van der Waals surface area contributed by atoms with Crippen LogP contribution in [0.15, 0.2) is 53.0 Å². The largest absolute Gasteiger partial charge is 0.485 e. The normalized spacial score (nSPS) is 17.9. The summed E-state index contributed by atoms with van der Waals surface area (Å²) in [6.45, 7) is 1.94. The van der Waals surface area contributed by atoms with Gasteiger partial charge in [-0.25, -0.2) is 0 Å². The summed E-state index contributed by atoms with van der Waals surface area (Å²) in [5.74, 6) is 0.955. The maximum absolute atomic E-state index is 12.8. The predicted octanol–water partition coefficient (Wildman–Crippen LogP) is 2.92. The molecule has 8 heteroatoms. The molecule has 2 amide bonds. The first-order chi connectivity index (χ1) is 15.0. The lowest BCUT2D eigenvalue weighted by molar-refractivity contribution is -0.146. The van der Waals surface area contributed by atoms with E-state index in [9.17, 15) is 14.4 Å². The van der Waals surface area contributed by atoms with Gasteiger partial charge in [0.25, 0.3) is 5.91 Å². The number of amides is 2. The molecule has 2 aliphatic heterocycles. The lowest BCUT2D eigenvalue weighted by atomic mass is 10.1. The SMILES string of the molecule is O=C(CCC(=O)N1CCN(C(=O)C2COc3ccccc3O2)CC1)c1ccc(Br)cc1. The number of ketones is 1. The van der Waals surface area contributed by atoms with E-state index in [1.807, 2.05) is 30.3 Å². The van der Waals surface area contributed by atoms with Crippen LogP contribution in [0.2, 0.25) is 0 Å². The van der Waals surface area contributed by atoms with Crippen molar-refractivity contribution >= 4 is 33.5 Å². The first-order valence-corrected chi connectivity index (χ1v) is 11.0. The molecule has 31 heavy (non-hydrogen) atoms. The van der Waals surface area contributed by atoms with Crippen LogP contribution in [-0.2, 0) is 9.59 Å². The first kappa shape index (κ1) is 21.4. The quantitative estimate of drug-likeness (QED) is 0.607. The Labute approximate surface area is 189 Å². The van der Waals surface area contributed by atoms with E-state index in [1.165, 1.54) is 0 Å². The maximum Gasteiger partial charge on any atom is 0.267 e. The molecule has 0 bridgehead atoms. The molecular weight excluding hydrogens is 464 g/mol. The van der Waals surface area contributed by atoms with Crippen molar-refractivity contribution in [1.29, 1.82) is 0 Å². The Balaban J connectivity index is 1.24. The number of rotatable bonds is 5. The molecular formula is C23H23BrN2O5. The highest BCUT2D eigenvalue weighted by molar-refractivity contribution is 9.10. The van der Waals surface area contributed by atoms with Crippen LogP contribution < -0.4 is 9.47 Å². The number of fused-ring (bicyclic) bond motifs is 1. The molecule has 0 saturated carbocycles. The van der Waals surface area contributed by atoms with Crippen LogP contribution in [0, 0.1) is 0 Å². The topological polar surface area (TPSA) is 76.2 Å². The fourth-order valence-corrected chi connectivity index (χ4v) is 3.94. The Morgan fingerprint density at radius 2 is 1.52 bits per heavy atom. The predicted molar refractivity (Wildman–Crippen MR) is 117 cm³/mol. The number of para-hydroxylation sites is 2. The molecule has 7 nitrogen and oxygen atoms in total. The van der Waals surface area contributed by atoms with Crippen LogP contribution >= 0.6 is 15.9 Å². The van der Waals surface area contributed by atoms with Crippen molar-refractivity contribution in [1.82, 2.24) is 9.80 Å². The van der Waals surface area contributed by atoms with E-state index in [4.69, 9.17) is 9.47 Å². The third kappa shape index (κ3) is 5.07. The molecule has 1 saturated heterocycles. The molecule has 2 aromatic carbocycles. The molecule has 1 fully saturated rings. The number of carbonyl (C=O) groups is 3. The van der Waals surface area contributed by atoms with Crippen molar-refractivity contribution < 1.29 is 23.9 Å². The zero-order chi connectivity index (χ0) is 21.8. The van der Waals surface area contributed by atoms with Gasteiger partial charge in [-0.15, -0.1) is 0 Å². The number of Topliss-reactive ketones (excluding diaryl/α,β-unsaturated/α-hetero) is 1. The van der Waals surface area contributed by atoms with Crippen molar-refractivity contribution in [3.8, 4) is 11.5 Å². The van der Waals surface area contributed by atoms with Gasteiger partial charge in [0.2, 0.25) is 12.0 Å². The summed E-state index contributed by atoms with van der Waals surface area (Å²) >= 11 is 3.34. The average molecular weight is 487 g/mol. The molecule has 2 aliphatic rings.